The van der Waals surface area contributed by atoms with E-state index in [0.29, 0.717) is 16.0 Å². The van der Waals surface area contributed by atoms with Crippen LogP contribution in [0.1, 0.15) is 0 Å². The summed E-state index contributed by atoms with van der Waals surface area (Å²) in [5.74, 6) is 0. The van der Waals surface area contributed by atoms with Crippen LogP contribution in [-0.2, 0) is 0 Å². The Morgan fingerprint density at radius 2 is 2.00 bits per heavy atom. The van der Waals surface area contributed by atoms with Crippen molar-refractivity contribution in [3.05, 3.63) is 52.9 Å². The molecule has 1 aromatic carbocycles. The predicted octanol–water partition coefficient (Wildman–Crippen LogP) is 2.46. The maximum atomic E-state index is 11.9. The van der Waals surface area contributed by atoms with Crippen LogP contribution in [0.25, 0.3) is 26.2 Å². The Morgan fingerprint density at radius 3 is 2.94 bits per heavy atom. The first kappa shape index (κ1) is 9.73. The molecule has 0 amide bonds. The third-order valence-corrected chi connectivity index (χ3v) is 3.95. The van der Waals surface area contributed by atoms with Crippen molar-refractivity contribution < 1.29 is 0 Å². The molecular formula is C13H7N3OS. The van der Waals surface area contributed by atoms with Crippen LogP contribution in [0.15, 0.2) is 47.4 Å². The molecule has 4 rings (SSSR count). The third-order valence-electron chi connectivity index (χ3n) is 2.92. The Labute approximate surface area is 105 Å². The van der Waals surface area contributed by atoms with Crippen molar-refractivity contribution in [2.24, 2.45) is 0 Å². The van der Waals surface area contributed by atoms with Gasteiger partial charge < -0.3 is 0 Å². The molecule has 5 heteroatoms. The molecule has 0 aliphatic heterocycles. The molecule has 0 aliphatic carbocycles. The highest BCUT2D eigenvalue weighted by Gasteiger charge is 2.10. The Bertz CT molecular complexity index is 955. The number of pyridine rings is 1. The second-order valence-corrected chi connectivity index (χ2v) is 4.99. The van der Waals surface area contributed by atoms with Gasteiger partial charge >= 0.3 is 0 Å². The Morgan fingerprint density at radius 1 is 1.11 bits per heavy atom. The maximum Gasteiger partial charge on any atom is 0.283 e. The highest BCUT2D eigenvalue weighted by molar-refractivity contribution is 7.23. The predicted molar refractivity (Wildman–Crippen MR) is 72.1 cm³/mol. The first-order chi connectivity index (χ1) is 8.84. The van der Waals surface area contributed by atoms with Gasteiger partial charge in [-0.05, 0) is 24.3 Å². The molecule has 86 valence electrons. The number of fused-ring (bicyclic) bond motifs is 5. The summed E-state index contributed by atoms with van der Waals surface area (Å²) in [6.45, 7) is 0. The van der Waals surface area contributed by atoms with Gasteiger partial charge in [0.15, 0.2) is 10.6 Å². The Hall–Kier alpha value is -2.27. The smallest absolute Gasteiger partial charge is 0.268 e. The zero-order valence-corrected chi connectivity index (χ0v) is 10.0. The van der Waals surface area contributed by atoms with Crippen molar-refractivity contribution in [2.45, 2.75) is 0 Å². The number of aromatic nitrogens is 3. The molecule has 0 unspecified atom stereocenters. The molecule has 0 spiro atoms. The minimum atomic E-state index is -0.218. The summed E-state index contributed by atoms with van der Waals surface area (Å²) in [6, 6.07) is 11.5. The van der Waals surface area contributed by atoms with E-state index in [0.717, 1.165) is 10.2 Å². The van der Waals surface area contributed by atoms with Gasteiger partial charge in [-0.15, -0.1) is 0 Å². The maximum absolute atomic E-state index is 11.9. The van der Waals surface area contributed by atoms with Gasteiger partial charge in [0.2, 0.25) is 0 Å². The molecule has 0 aliphatic rings. The van der Waals surface area contributed by atoms with Gasteiger partial charge in [0.05, 0.1) is 15.6 Å². The lowest BCUT2D eigenvalue weighted by molar-refractivity contribution is 1.16. The monoisotopic (exact) mass is 253 g/mol. The number of para-hydroxylation sites is 1. The van der Waals surface area contributed by atoms with Gasteiger partial charge in [0.25, 0.3) is 5.56 Å². The summed E-state index contributed by atoms with van der Waals surface area (Å²) in [5.41, 5.74) is 1.49. The fourth-order valence-corrected chi connectivity index (χ4v) is 3.15. The van der Waals surface area contributed by atoms with E-state index in [9.17, 15) is 4.79 Å². The molecule has 3 aromatic heterocycles. The summed E-state index contributed by atoms with van der Waals surface area (Å²) in [4.78, 5) is 21.0. The van der Waals surface area contributed by atoms with E-state index in [1.165, 1.54) is 11.3 Å². The second-order valence-electron chi connectivity index (χ2n) is 3.98. The van der Waals surface area contributed by atoms with Gasteiger partial charge in [-0.25, -0.2) is 4.98 Å². The van der Waals surface area contributed by atoms with Crippen LogP contribution < -0.4 is 5.56 Å². The van der Waals surface area contributed by atoms with Crippen LogP contribution in [0.5, 0.6) is 0 Å². The topological polar surface area (TPSA) is 47.3 Å². The molecular weight excluding hydrogens is 246 g/mol. The number of thiazole rings is 1. The Kier molecular flexibility index (Phi) is 1.82. The first-order valence-corrected chi connectivity index (χ1v) is 6.31. The van der Waals surface area contributed by atoms with E-state index in [2.05, 4.69) is 9.97 Å². The third kappa shape index (κ3) is 1.16. The van der Waals surface area contributed by atoms with Gasteiger partial charge in [-0.2, -0.15) is 4.98 Å². The summed E-state index contributed by atoms with van der Waals surface area (Å²) < 4.78 is 3.04. The van der Waals surface area contributed by atoms with Crippen molar-refractivity contribution in [1.82, 2.24) is 14.4 Å². The van der Waals surface area contributed by atoms with E-state index in [-0.39, 0.29) is 5.56 Å². The quantitative estimate of drug-likeness (QED) is 0.483. The summed E-state index contributed by atoms with van der Waals surface area (Å²) in [6.07, 6.45) is 1.70. The van der Waals surface area contributed by atoms with Gasteiger partial charge in [0.1, 0.15) is 0 Å². The molecule has 0 bridgehead atoms. The van der Waals surface area contributed by atoms with Crippen molar-refractivity contribution in [3.63, 3.8) is 0 Å². The number of hydrogen-bond acceptors (Lipinski definition) is 4. The van der Waals surface area contributed by atoms with Crippen molar-refractivity contribution in [1.29, 1.82) is 0 Å². The lowest BCUT2D eigenvalue weighted by Crippen LogP contribution is -2.09. The minimum Gasteiger partial charge on any atom is -0.268 e. The van der Waals surface area contributed by atoms with Crippen molar-refractivity contribution >= 4 is 37.5 Å². The molecule has 0 saturated heterocycles. The van der Waals surface area contributed by atoms with Crippen LogP contribution in [0.2, 0.25) is 0 Å². The van der Waals surface area contributed by atoms with Crippen LogP contribution in [0, 0.1) is 0 Å². The van der Waals surface area contributed by atoms with E-state index >= 15 is 0 Å². The van der Waals surface area contributed by atoms with Gasteiger partial charge in [0, 0.05) is 6.20 Å². The molecule has 0 N–H and O–H groups in total. The number of benzene rings is 1. The summed E-state index contributed by atoms with van der Waals surface area (Å²) in [5, 5.41) is 0.554. The highest BCUT2D eigenvalue weighted by Crippen LogP contribution is 2.26. The minimum absolute atomic E-state index is 0.218. The summed E-state index contributed by atoms with van der Waals surface area (Å²) in [7, 11) is 0. The molecule has 4 nitrogen and oxygen atoms in total. The normalized spacial score (nSPS) is 11.6. The van der Waals surface area contributed by atoms with E-state index in [4.69, 9.17) is 0 Å². The Balaban J connectivity index is 2.43. The average Bonchev–Trinajstić information content (AvgIpc) is 2.77. The summed E-state index contributed by atoms with van der Waals surface area (Å²) >= 11 is 1.50. The standard InChI is InChI=1S/C13H7N3OS/c17-12-8-4-3-7-14-11(8)16-9-5-1-2-6-10(9)18-13(16)15-12/h1-7H. The second kappa shape index (κ2) is 3.36. The van der Waals surface area contributed by atoms with Crippen molar-refractivity contribution in [2.75, 3.05) is 0 Å². The molecule has 3 heterocycles. The molecule has 4 aromatic rings. The first-order valence-electron chi connectivity index (χ1n) is 5.49. The van der Waals surface area contributed by atoms with Crippen LogP contribution in [0.4, 0.5) is 0 Å². The molecule has 0 atom stereocenters. The highest BCUT2D eigenvalue weighted by atomic mass is 32.1. The number of nitrogens with zero attached hydrogens (tertiary/aromatic N) is 3. The van der Waals surface area contributed by atoms with Gasteiger partial charge in [-0.3, -0.25) is 9.20 Å². The van der Waals surface area contributed by atoms with Crippen molar-refractivity contribution in [3.8, 4) is 0 Å². The number of rotatable bonds is 0. The van der Waals surface area contributed by atoms with E-state index < -0.39 is 0 Å². The van der Waals surface area contributed by atoms with Crippen LogP contribution >= 0.6 is 11.3 Å². The van der Waals surface area contributed by atoms with E-state index in [1.807, 2.05) is 28.7 Å². The van der Waals surface area contributed by atoms with Crippen LogP contribution in [0.3, 0.4) is 0 Å². The molecule has 0 fully saturated rings. The lowest BCUT2D eigenvalue weighted by atomic mass is 10.3. The SMILES string of the molecule is O=c1nc2sc3ccccc3n2c2ncccc12. The lowest BCUT2D eigenvalue weighted by Gasteiger charge is -2.00. The molecule has 0 radical (unpaired) electrons. The molecule has 18 heavy (non-hydrogen) atoms. The van der Waals surface area contributed by atoms with Crippen LogP contribution in [-0.4, -0.2) is 14.4 Å². The van der Waals surface area contributed by atoms with E-state index in [1.54, 1.807) is 18.3 Å². The number of hydrogen-bond donors (Lipinski definition) is 0. The fraction of sp³-hybridized carbons (Fsp3) is 0. The largest absolute Gasteiger partial charge is 0.283 e. The average molecular weight is 253 g/mol. The van der Waals surface area contributed by atoms with Gasteiger partial charge in [-0.1, -0.05) is 23.5 Å². The fourth-order valence-electron chi connectivity index (χ4n) is 2.14. The zero-order chi connectivity index (χ0) is 12.1. The molecule has 0 saturated carbocycles. The zero-order valence-electron chi connectivity index (χ0n) is 9.20.